The summed E-state index contributed by atoms with van der Waals surface area (Å²) in [5.41, 5.74) is -0.567. The summed E-state index contributed by atoms with van der Waals surface area (Å²) >= 11 is 0. The van der Waals surface area contributed by atoms with E-state index in [2.05, 4.69) is 44.1 Å². The van der Waals surface area contributed by atoms with Gasteiger partial charge < -0.3 is 28.7 Å². The topological polar surface area (TPSA) is 78.5 Å². The van der Waals surface area contributed by atoms with Crippen LogP contribution in [-0.2, 0) is 23.4 Å². The molecule has 0 spiro atoms. The molecule has 1 N–H and O–H groups in total. The predicted molar refractivity (Wildman–Crippen MR) is 134 cm³/mol. The number of amides is 1. The van der Waals surface area contributed by atoms with Crippen molar-refractivity contribution in [3.8, 4) is 0 Å². The molecular weight excluding hydrogens is 452 g/mol. The van der Waals surface area contributed by atoms with Crippen LogP contribution in [-0.4, -0.2) is 81.0 Å². The predicted octanol–water partition coefficient (Wildman–Crippen LogP) is 4.63. The Hall–Kier alpha value is -0.713. The van der Waals surface area contributed by atoms with Crippen LogP contribution in [0.2, 0.25) is 18.1 Å². The molecule has 1 amide bonds. The zero-order valence-corrected chi connectivity index (χ0v) is 24.0. The lowest BCUT2D eigenvalue weighted by Crippen LogP contribution is -2.67. The zero-order chi connectivity index (χ0) is 25.5. The van der Waals surface area contributed by atoms with Gasteiger partial charge in [0.05, 0.1) is 6.04 Å². The molecule has 3 saturated heterocycles. The largest absolute Gasteiger partial charge is 0.444 e. The minimum atomic E-state index is -2.14. The van der Waals surface area contributed by atoms with Crippen LogP contribution in [0.5, 0.6) is 0 Å². The highest BCUT2D eigenvalue weighted by Crippen LogP contribution is 2.43. The van der Waals surface area contributed by atoms with Crippen LogP contribution in [0.15, 0.2) is 0 Å². The van der Waals surface area contributed by atoms with E-state index in [1.54, 1.807) is 0 Å². The highest BCUT2D eigenvalue weighted by atomic mass is 28.4. The number of alkyl carbamates (subject to hydrolysis) is 1. The molecule has 0 aromatic heterocycles. The Kier molecular flexibility index (Phi) is 8.18. The van der Waals surface area contributed by atoms with Crippen LogP contribution in [0.4, 0.5) is 4.79 Å². The Morgan fingerprint density at radius 1 is 1.03 bits per heavy atom. The van der Waals surface area contributed by atoms with Crippen molar-refractivity contribution < 1.29 is 28.2 Å². The third kappa shape index (κ3) is 6.73. The number of hydrogen-bond donors (Lipinski definition) is 1. The highest BCUT2D eigenvalue weighted by molar-refractivity contribution is 6.74. The summed E-state index contributed by atoms with van der Waals surface area (Å²) in [5.74, 6) is -0.733. The second-order valence-electron chi connectivity index (χ2n) is 13.0. The van der Waals surface area contributed by atoms with Gasteiger partial charge in [0.2, 0.25) is 0 Å². The van der Waals surface area contributed by atoms with E-state index in [4.69, 9.17) is 23.4 Å². The maximum atomic E-state index is 12.4. The van der Waals surface area contributed by atoms with Gasteiger partial charge in [0, 0.05) is 6.54 Å². The molecule has 0 aromatic carbocycles. The highest BCUT2D eigenvalue weighted by Gasteiger charge is 2.58. The van der Waals surface area contributed by atoms with Crippen molar-refractivity contribution in [1.29, 1.82) is 0 Å². The lowest BCUT2D eigenvalue weighted by atomic mass is 9.94. The standard InChI is InChI=1S/C25H48N2O6Si/c1-23(2,3)32-22(28)26-16-17-19-20(31-25(7,8)30-19)18(27-14-12-11-13-15-27)21(29-17)33-34(9,10)24(4,5)6/h17-21H,11-16H2,1-10H3,(H,26,28)/t17?,18-,19?,20?,21?/m0/s1. The van der Waals surface area contributed by atoms with Gasteiger partial charge in [-0.3, -0.25) is 4.90 Å². The Labute approximate surface area is 207 Å². The van der Waals surface area contributed by atoms with Crippen LogP contribution in [0, 0.1) is 0 Å². The van der Waals surface area contributed by atoms with Gasteiger partial charge in [0.15, 0.2) is 20.4 Å². The molecule has 5 atom stereocenters. The van der Waals surface area contributed by atoms with E-state index < -0.39 is 38.2 Å². The molecule has 3 fully saturated rings. The molecule has 3 aliphatic heterocycles. The molecule has 34 heavy (non-hydrogen) atoms. The molecule has 3 aliphatic rings. The normalized spacial score (nSPS) is 32.8. The number of rotatable bonds is 5. The summed E-state index contributed by atoms with van der Waals surface area (Å²) in [6.45, 7) is 22.9. The zero-order valence-electron chi connectivity index (χ0n) is 23.0. The minimum Gasteiger partial charge on any atom is -0.444 e. The summed E-state index contributed by atoms with van der Waals surface area (Å²) in [6, 6.07) is -0.0565. The number of carbonyl (C=O) groups excluding carboxylic acids is 1. The molecule has 0 aliphatic carbocycles. The number of fused-ring (bicyclic) bond motifs is 1. The first kappa shape index (κ1) is 27.9. The molecule has 9 heteroatoms. The van der Waals surface area contributed by atoms with Gasteiger partial charge >= 0.3 is 6.09 Å². The van der Waals surface area contributed by atoms with E-state index in [0.717, 1.165) is 25.9 Å². The van der Waals surface area contributed by atoms with Crippen LogP contribution in [0.25, 0.3) is 0 Å². The first-order valence-corrected chi connectivity index (χ1v) is 15.8. The fourth-order valence-electron chi connectivity index (χ4n) is 4.68. The average Bonchev–Trinajstić information content (AvgIpc) is 2.99. The summed E-state index contributed by atoms with van der Waals surface area (Å²) < 4.78 is 31.9. The average molecular weight is 501 g/mol. The summed E-state index contributed by atoms with van der Waals surface area (Å²) in [6.07, 6.45) is 1.72. The maximum absolute atomic E-state index is 12.4. The molecule has 4 unspecified atom stereocenters. The van der Waals surface area contributed by atoms with Gasteiger partial charge in [-0.05, 0) is 78.7 Å². The summed E-state index contributed by atoms with van der Waals surface area (Å²) in [5, 5.41) is 2.92. The van der Waals surface area contributed by atoms with Gasteiger partial charge in [0.1, 0.15) is 23.9 Å². The lowest BCUT2D eigenvalue weighted by Gasteiger charge is -2.50. The Balaban J connectivity index is 1.87. The number of nitrogens with zero attached hydrogens (tertiary/aromatic N) is 1. The first-order chi connectivity index (χ1) is 15.5. The smallest absolute Gasteiger partial charge is 0.407 e. The van der Waals surface area contributed by atoms with Gasteiger partial charge in [-0.15, -0.1) is 0 Å². The van der Waals surface area contributed by atoms with E-state index in [1.807, 2.05) is 34.6 Å². The molecule has 8 nitrogen and oxygen atoms in total. The van der Waals surface area contributed by atoms with Crippen molar-refractivity contribution >= 4 is 14.4 Å². The van der Waals surface area contributed by atoms with Crippen LogP contribution < -0.4 is 5.32 Å². The van der Waals surface area contributed by atoms with Crippen molar-refractivity contribution in [3.05, 3.63) is 0 Å². The van der Waals surface area contributed by atoms with E-state index in [0.29, 0.717) is 0 Å². The number of ether oxygens (including phenoxy) is 4. The molecule has 0 aromatic rings. The van der Waals surface area contributed by atoms with E-state index in [9.17, 15) is 4.79 Å². The van der Waals surface area contributed by atoms with Crippen LogP contribution >= 0.6 is 0 Å². The number of nitrogens with one attached hydrogen (secondary N) is 1. The van der Waals surface area contributed by atoms with Crippen molar-refractivity contribution in [2.45, 2.75) is 135 Å². The Morgan fingerprint density at radius 3 is 2.18 bits per heavy atom. The van der Waals surface area contributed by atoms with Crippen molar-refractivity contribution in [2.75, 3.05) is 19.6 Å². The number of likely N-dealkylation sites (tertiary alicyclic amines) is 1. The summed E-state index contributed by atoms with van der Waals surface area (Å²) in [4.78, 5) is 14.9. The second-order valence-corrected chi connectivity index (χ2v) is 17.7. The molecule has 198 valence electrons. The van der Waals surface area contributed by atoms with Crippen LogP contribution in [0.1, 0.15) is 74.7 Å². The number of carbonyl (C=O) groups is 1. The number of hydrogen-bond acceptors (Lipinski definition) is 7. The van der Waals surface area contributed by atoms with E-state index in [1.165, 1.54) is 6.42 Å². The minimum absolute atomic E-state index is 0.0379. The third-order valence-electron chi connectivity index (χ3n) is 7.33. The van der Waals surface area contributed by atoms with Crippen molar-refractivity contribution in [2.24, 2.45) is 0 Å². The molecule has 0 radical (unpaired) electrons. The SMILES string of the molecule is CC(C)(C)OC(=O)NCC1OC(O[Si](C)(C)C(C)(C)C)[C@@H](N2CCCCC2)C2OC(C)(C)OC12. The van der Waals surface area contributed by atoms with Gasteiger partial charge in [0.25, 0.3) is 0 Å². The molecule has 0 saturated carbocycles. The fourth-order valence-corrected chi connectivity index (χ4v) is 5.81. The number of piperidine rings is 1. The monoisotopic (exact) mass is 500 g/mol. The maximum Gasteiger partial charge on any atom is 0.407 e. The fraction of sp³-hybridized carbons (Fsp3) is 0.960. The van der Waals surface area contributed by atoms with Crippen LogP contribution in [0.3, 0.4) is 0 Å². The van der Waals surface area contributed by atoms with Crippen molar-refractivity contribution in [3.63, 3.8) is 0 Å². The molecular formula is C25H48N2O6Si. The second kappa shape index (κ2) is 9.98. The van der Waals surface area contributed by atoms with E-state index in [-0.39, 0.29) is 29.8 Å². The Bertz CT molecular complexity index is 711. The van der Waals surface area contributed by atoms with E-state index >= 15 is 0 Å². The lowest BCUT2D eigenvalue weighted by molar-refractivity contribution is -0.236. The quantitative estimate of drug-likeness (QED) is 0.551. The Morgan fingerprint density at radius 2 is 1.62 bits per heavy atom. The summed E-state index contributed by atoms with van der Waals surface area (Å²) in [7, 11) is -2.14. The molecule has 3 heterocycles. The van der Waals surface area contributed by atoms with Gasteiger partial charge in [-0.1, -0.05) is 27.2 Å². The van der Waals surface area contributed by atoms with Gasteiger partial charge in [-0.2, -0.15) is 0 Å². The molecule has 3 rings (SSSR count). The van der Waals surface area contributed by atoms with Crippen molar-refractivity contribution in [1.82, 2.24) is 10.2 Å². The molecule has 0 bridgehead atoms. The first-order valence-electron chi connectivity index (χ1n) is 12.9. The third-order valence-corrected chi connectivity index (χ3v) is 11.8. The van der Waals surface area contributed by atoms with Gasteiger partial charge in [-0.25, -0.2) is 4.79 Å².